The molecular weight excluding hydrogens is 522 g/mol. The molecule has 0 unspecified atom stereocenters. The predicted molar refractivity (Wildman–Crippen MR) is 146 cm³/mol. The van der Waals surface area contributed by atoms with Crippen LogP contribution >= 0.6 is 0 Å². The fourth-order valence-corrected chi connectivity index (χ4v) is 4.49. The second-order valence-corrected chi connectivity index (χ2v) is 10.0. The van der Waals surface area contributed by atoms with E-state index in [0.29, 0.717) is 6.61 Å². The fraction of sp³-hybridized carbons (Fsp3) is 0.483. The molecule has 0 aliphatic carbocycles. The monoisotopic (exact) mass is 561 g/mol. The van der Waals surface area contributed by atoms with Crippen LogP contribution in [0.3, 0.4) is 0 Å². The van der Waals surface area contributed by atoms with Crippen molar-refractivity contribution in [2.75, 3.05) is 26.8 Å². The van der Waals surface area contributed by atoms with E-state index in [1.54, 1.807) is 7.11 Å². The number of carboxylic acid groups (broad SMARTS) is 3. The molecule has 0 aromatic heterocycles. The highest BCUT2D eigenvalue weighted by molar-refractivity contribution is 5.88. The van der Waals surface area contributed by atoms with Gasteiger partial charge in [-0.25, -0.2) is 4.79 Å². The lowest BCUT2D eigenvalue weighted by Crippen LogP contribution is -2.42. The molecule has 11 heteroatoms. The fourth-order valence-electron chi connectivity index (χ4n) is 4.49. The van der Waals surface area contributed by atoms with Crippen molar-refractivity contribution in [1.82, 2.24) is 4.90 Å². The quantitative estimate of drug-likeness (QED) is 0.273. The Morgan fingerprint density at radius 2 is 1.50 bits per heavy atom. The van der Waals surface area contributed by atoms with Gasteiger partial charge in [-0.15, -0.1) is 0 Å². The number of rotatable bonds is 11. The van der Waals surface area contributed by atoms with Crippen molar-refractivity contribution in [2.45, 2.75) is 64.2 Å². The molecule has 0 bridgehead atoms. The third-order valence-electron chi connectivity index (χ3n) is 6.87. The second-order valence-electron chi connectivity index (χ2n) is 10.0. The van der Waals surface area contributed by atoms with Gasteiger partial charge in [0.25, 0.3) is 0 Å². The molecule has 1 aliphatic heterocycles. The van der Waals surface area contributed by atoms with Crippen molar-refractivity contribution in [2.24, 2.45) is 0 Å². The summed E-state index contributed by atoms with van der Waals surface area (Å²) in [5, 5.41) is 44.9. The summed E-state index contributed by atoms with van der Waals surface area (Å²) in [6.07, 6.45) is -0.781. The SMILES string of the molecule is CCOc1cc(CN2CCC(O)(c3ccc(C)cc3)CC2)c(C)cc1OC.O=C(O)CC(O)(CC(=O)O)C(=O)O. The lowest BCUT2D eigenvalue weighted by molar-refractivity contribution is -0.170. The van der Waals surface area contributed by atoms with Gasteiger partial charge in [-0.05, 0) is 62.4 Å². The number of aliphatic carboxylic acids is 3. The van der Waals surface area contributed by atoms with Crippen LogP contribution in [0.15, 0.2) is 36.4 Å². The summed E-state index contributed by atoms with van der Waals surface area (Å²) in [6.45, 7) is 9.39. The number of hydrogen-bond donors (Lipinski definition) is 5. The molecule has 1 aliphatic rings. The van der Waals surface area contributed by atoms with Gasteiger partial charge in [0, 0.05) is 19.6 Å². The van der Waals surface area contributed by atoms with E-state index < -0.39 is 42.0 Å². The first-order chi connectivity index (χ1) is 18.7. The van der Waals surface area contributed by atoms with E-state index in [0.717, 1.165) is 49.5 Å². The Labute approximate surface area is 233 Å². The molecule has 0 saturated carbocycles. The average molecular weight is 562 g/mol. The molecule has 40 heavy (non-hydrogen) atoms. The summed E-state index contributed by atoms with van der Waals surface area (Å²) >= 11 is 0. The molecule has 1 saturated heterocycles. The minimum Gasteiger partial charge on any atom is -0.493 e. The molecular formula is C29H39NO10. The summed E-state index contributed by atoms with van der Waals surface area (Å²) < 4.78 is 11.2. The number of ether oxygens (including phenoxy) is 2. The number of carbonyl (C=O) groups is 3. The van der Waals surface area contributed by atoms with Crippen LogP contribution in [0.25, 0.3) is 0 Å². The average Bonchev–Trinajstić information content (AvgIpc) is 2.87. The molecule has 0 atom stereocenters. The van der Waals surface area contributed by atoms with E-state index in [1.807, 2.05) is 13.0 Å². The summed E-state index contributed by atoms with van der Waals surface area (Å²) in [4.78, 5) is 32.9. The molecule has 5 N–H and O–H groups in total. The number of hydrogen-bond acceptors (Lipinski definition) is 8. The van der Waals surface area contributed by atoms with Gasteiger partial charge in [0.1, 0.15) is 0 Å². The minimum absolute atomic E-state index is 0.617. The van der Waals surface area contributed by atoms with E-state index >= 15 is 0 Å². The van der Waals surface area contributed by atoms with E-state index in [2.05, 4.69) is 49.1 Å². The third kappa shape index (κ3) is 8.94. The van der Waals surface area contributed by atoms with E-state index in [1.165, 1.54) is 16.7 Å². The van der Waals surface area contributed by atoms with Gasteiger partial charge in [0.05, 0.1) is 32.2 Å². The van der Waals surface area contributed by atoms with Gasteiger partial charge in [0.15, 0.2) is 17.1 Å². The predicted octanol–water partition coefficient (Wildman–Crippen LogP) is 2.95. The van der Waals surface area contributed by atoms with Crippen molar-refractivity contribution in [3.05, 3.63) is 58.7 Å². The molecule has 11 nitrogen and oxygen atoms in total. The molecule has 1 fully saturated rings. The molecule has 1 heterocycles. The normalized spacial score (nSPS) is 14.9. The van der Waals surface area contributed by atoms with Crippen LogP contribution in [0, 0.1) is 13.8 Å². The first-order valence-corrected chi connectivity index (χ1v) is 12.9. The first kappa shape index (κ1) is 32.5. The van der Waals surface area contributed by atoms with Crippen LogP contribution in [-0.2, 0) is 26.5 Å². The zero-order chi connectivity index (χ0) is 30.1. The highest BCUT2D eigenvalue weighted by atomic mass is 16.5. The number of carboxylic acids is 3. The number of benzene rings is 2. The molecule has 0 spiro atoms. The number of nitrogens with zero attached hydrogens (tertiary/aromatic N) is 1. The van der Waals surface area contributed by atoms with Gasteiger partial charge in [-0.2, -0.15) is 0 Å². The largest absolute Gasteiger partial charge is 0.493 e. The van der Waals surface area contributed by atoms with Crippen molar-refractivity contribution in [1.29, 1.82) is 0 Å². The summed E-state index contributed by atoms with van der Waals surface area (Å²) in [5.74, 6) is -3.44. The molecule has 0 radical (unpaired) electrons. The van der Waals surface area contributed by atoms with Crippen LogP contribution in [0.5, 0.6) is 11.5 Å². The summed E-state index contributed by atoms with van der Waals surface area (Å²) in [5.41, 5.74) is 1.26. The van der Waals surface area contributed by atoms with Gasteiger partial charge >= 0.3 is 17.9 Å². The van der Waals surface area contributed by atoms with Crippen LogP contribution in [-0.4, -0.2) is 80.7 Å². The summed E-state index contributed by atoms with van der Waals surface area (Å²) in [7, 11) is 1.67. The van der Waals surface area contributed by atoms with E-state index in [4.69, 9.17) is 29.9 Å². The summed E-state index contributed by atoms with van der Waals surface area (Å²) in [6, 6.07) is 12.4. The van der Waals surface area contributed by atoms with Gasteiger partial charge in [-0.1, -0.05) is 29.8 Å². The highest BCUT2D eigenvalue weighted by Gasteiger charge is 2.40. The van der Waals surface area contributed by atoms with Crippen molar-refractivity contribution in [3.63, 3.8) is 0 Å². The Balaban J connectivity index is 0.000000366. The Bertz CT molecular complexity index is 1150. The maximum atomic E-state index is 11.1. The Kier molecular flexibility index (Phi) is 11.5. The molecule has 220 valence electrons. The van der Waals surface area contributed by atoms with E-state index in [9.17, 15) is 19.5 Å². The third-order valence-corrected chi connectivity index (χ3v) is 6.87. The van der Waals surface area contributed by atoms with Crippen LogP contribution in [0.1, 0.15) is 54.9 Å². The molecule has 2 aromatic rings. The van der Waals surface area contributed by atoms with Crippen LogP contribution in [0.4, 0.5) is 0 Å². The Hall–Kier alpha value is -3.67. The topological polar surface area (TPSA) is 174 Å². The van der Waals surface area contributed by atoms with Gasteiger partial charge < -0.3 is 35.0 Å². The van der Waals surface area contributed by atoms with Gasteiger partial charge in [-0.3, -0.25) is 14.5 Å². The maximum Gasteiger partial charge on any atom is 0.336 e. The molecule has 0 amide bonds. The number of aryl methyl sites for hydroxylation is 2. The van der Waals surface area contributed by atoms with Crippen LogP contribution < -0.4 is 9.47 Å². The Morgan fingerprint density at radius 3 is 1.95 bits per heavy atom. The van der Waals surface area contributed by atoms with Crippen molar-refractivity contribution >= 4 is 17.9 Å². The number of aliphatic hydroxyl groups is 2. The maximum absolute atomic E-state index is 11.1. The lowest BCUT2D eigenvalue weighted by atomic mass is 9.84. The zero-order valence-electron chi connectivity index (χ0n) is 23.3. The number of likely N-dealkylation sites (tertiary alicyclic amines) is 1. The van der Waals surface area contributed by atoms with E-state index in [-0.39, 0.29) is 0 Å². The number of methoxy groups -OCH3 is 1. The Morgan fingerprint density at radius 1 is 0.950 bits per heavy atom. The minimum atomic E-state index is -2.74. The smallest absolute Gasteiger partial charge is 0.336 e. The van der Waals surface area contributed by atoms with Gasteiger partial charge in [0.2, 0.25) is 0 Å². The standard InChI is InChI=1S/C23H31NO3.C6H8O7/c1-5-27-22-15-19(18(3)14-21(22)26-4)16-24-12-10-23(25,11-13-24)20-8-6-17(2)7-9-20;7-3(8)1-6(13,5(11)12)2-4(9)10/h6-9,14-15,25H,5,10-13,16H2,1-4H3;13H,1-2H2,(H,7,8)(H,9,10)(H,11,12). The van der Waals surface area contributed by atoms with Crippen LogP contribution in [0.2, 0.25) is 0 Å². The highest BCUT2D eigenvalue weighted by Crippen LogP contribution is 2.35. The zero-order valence-corrected chi connectivity index (χ0v) is 23.3. The first-order valence-electron chi connectivity index (χ1n) is 12.9. The lowest BCUT2D eigenvalue weighted by Gasteiger charge is -2.38. The second kappa shape index (κ2) is 14.1. The van der Waals surface area contributed by atoms with Crippen molar-refractivity contribution < 1.29 is 49.4 Å². The number of piperidine rings is 1. The van der Waals surface area contributed by atoms with Crippen molar-refractivity contribution in [3.8, 4) is 11.5 Å². The molecule has 2 aromatic carbocycles. The molecule has 3 rings (SSSR count).